The summed E-state index contributed by atoms with van der Waals surface area (Å²) >= 11 is 3.25. The third kappa shape index (κ3) is 3.03. The zero-order chi connectivity index (χ0) is 14.8. The first-order valence-corrected chi connectivity index (χ1v) is 7.24. The van der Waals surface area contributed by atoms with E-state index >= 15 is 0 Å². The lowest BCUT2D eigenvalue weighted by atomic mass is 10.00. The van der Waals surface area contributed by atoms with Gasteiger partial charge in [0.15, 0.2) is 0 Å². The third-order valence-corrected chi connectivity index (χ3v) is 3.80. The minimum absolute atomic E-state index is 0.257. The van der Waals surface area contributed by atoms with Crippen molar-refractivity contribution in [2.45, 2.75) is 0 Å². The summed E-state index contributed by atoms with van der Waals surface area (Å²) in [7, 11) is 0. The van der Waals surface area contributed by atoms with Crippen LogP contribution in [0.15, 0.2) is 71.2 Å². The van der Waals surface area contributed by atoms with E-state index in [1.54, 1.807) is 18.2 Å². The zero-order valence-electron chi connectivity index (χ0n) is 11.0. The summed E-state index contributed by atoms with van der Waals surface area (Å²) in [6.45, 7) is 0. The van der Waals surface area contributed by atoms with Gasteiger partial charge in [0.05, 0.1) is 0 Å². The molecule has 0 nitrogen and oxygen atoms in total. The van der Waals surface area contributed by atoms with Crippen LogP contribution in [0, 0.1) is 11.6 Å². The molecule has 0 amide bonds. The Morgan fingerprint density at radius 1 is 0.619 bits per heavy atom. The molecule has 0 atom stereocenters. The van der Waals surface area contributed by atoms with Crippen molar-refractivity contribution >= 4 is 15.9 Å². The van der Waals surface area contributed by atoms with E-state index < -0.39 is 0 Å². The van der Waals surface area contributed by atoms with E-state index in [-0.39, 0.29) is 11.6 Å². The van der Waals surface area contributed by atoms with Crippen LogP contribution in [0.4, 0.5) is 8.78 Å². The van der Waals surface area contributed by atoms with Gasteiger partial charge in [-0.3, -0.25) is 0 Å². The molecular weight excluding hydrogens is 334 g/mol. The molecule has 0 saturated carbocycles. The summed E-state index contributed by atoms with van der Waals surface area (Å²) < 4.78 is 27.6. The minimum Gasteiger partial charge on any atom is -0.207 e. The Morgan fingerprint density at radius 2 is 1.14 bits per heavy atom. The Morgan fingerprint density at radius 3 is 1.71 bits per heavy atom. The molecule has 0 unspecified atom stereocenters. The minimum atomic E-state index is -0.265. The van der Waals surface area contributed by atoms with Crippen LogP contribution in [0.3, 0.4) is 0 Å². The van der Waals surface area contributed by atoms with Crippen LogP contribution >= 0.6 is 15.9 Å². The molecular formula is C18H11BrF2. The van der Waals surface area contributed by atoms with E-state index in [0.29, 0.717) is 10.0 Å². The first kappa shape index (κ1) is 14.0. The topological polar surface area (TPSA) is 0 Å². The average molecular weight is 345 g/mol. The normalized spacial score (nSPS) is 10.6. The quantitative estimate of drug-likeness (QED) is 0.529. The number of halogens is 3. The standard InChI is InChI=1S/C18H11BrF2/c19-15-7-10-17(18(21)11-15)14-3-1-12(2-4-14)13-5-8-16(20)9-6-13/h1-11H. The Hall–Kier alpha value is -2.00. The van der Waals surface area contributed by atoms with Gasteiger partial charge in [-0.2, -0.15) is 0 Å². The maximum absolute atomic E-state index is 13.9. The van der Waals surface area contributed by atoms with Crippen molar-refractivity contribution in [3.05, 3.63) is 82.8 Å². The largest absolute Gasteiger partial charge is 0.207 e. The van der Waals surface area contributed by atoms with Crippen molar-refractivity contribution in [1.29, 1.82) is 0 Å². The molecule has 0 aromatic heterocycles. The van der Waals surface area contributed by atoms with Crippen LogP contribution < -0.4 is 0 Å². The molecule has 0 spiro atoms. The van der Waals surface area contributed by atoms with Crippen molar-refractivity contribution in [3.8, 4) is 22.3 Å². The Bertz CT molecular complexity index is 762. The third-order valence-electron chi connectivity index (χ3n) is 3.30. The molecule has 3 aromatic rings. The predicted molar refractivity (Wildman–Crippen MR) is 84.9 cm³/mol. The van der Waals surface area contributed by atoms with E-state index in [2.05, 4.69) is 15.9 Å². The second kappa shape index (κ2) is 5.78. The molecule has 0 aliphatic carbocycles. The summed E-state index contributed by atoms with van der Waals surface area (Å²) in [5.74, 6) is -0.522. The molecule has 0 bridgehead atoms. The van der Waals surface area contributed by atoms with Crippen LogP contribution in [-0.2, 0) is 0 Å². The fourth-order valence-corrected chi connectivity index (χ4v) is 2.54. The van der Waals surface area contributed by atoms with Gasteiger partial charge in [0.25, 0.3) is 0 Å². The Balaban J connectivity index is 1.95. The van der Waals surface area contributed by atoms with Gasteiger partial charge in [-0.25, -0.2) is 8.78 Å². The molecule has 0 radical (unpaired) electrons. The Kier molecular flexibility index (Phi) is 3.84. The predicted octanol–water partition coefficient (Wildman–Crippen LogP) is 6.06. The molecule has 21 heavy (non-hydrogen) atoms. The second-order valence-corrected chi connectivity index (χ2v) is 5.62. The molecule has 0 aliphatic heterocycles. The molecule has 104 valence electrons. The second-order valence-electron chi connectivity index (χ2n) is 4.71. The van der Waals surface area contributed by atoms with Crippen LogP contribution in [0.5, 0.6) is 0 Å². The van der Waals surface area contributed by atoms with Gasteiger partial charge in [-0.1, -0.05) is 58.4 Å². The van der Waals surface area contributed by atoms with Gasteiger partial charge in [0.1, 0.15) is 11.6 Å². The SMILES string of the molecule is Fc1ccc(-c2ccc(-c3ccc(Br)cc3F)cc2)cc1. The molecule has 3 rings (SSSR count). The maximum Gasteiger partial charge on any atom is 0.132 e. The first-order valence-electron chi connectivity index (χ1n) is 6.45. The highest BCUT2D eigenvalue weighted by molar-refractivity contribution is 9.10. The summed E-state index contributed by atoms with van der Waals surface area (Å²) in [4.78, 5) is 0. The number of hydrogen-bond acceptors (Lipinski definition) is 0. The number of hydrogen-bond donors (Lipinski definition) is 0. The van der Waals surface area contributed by atoms with Gasteiger partial charge < -0.3 is 0 Å². The van der Waals surface area contributed by atoms with Crippen LogP contribution in [0.25, 0.3) is 22.3 Å². The summed E-state index contributed by atoms with van der Waals surface area (Å²) in [6, 6.07) is 18.9. The molecule has 3 heteroatoms. The first-order chi connectivity index (χ1) is 10.1. The van der Waals surface area contributed by atoms with Crippen LogP contribution in [-0.4, -0.2) is 0 Å². The van der Waals surface area contributed by atoms with E-state index in [1.165, 1.54) is 18.2 Å². The summed E-state index contributed by atoms with van der Waals surface area (Å²) in [5, 5.41) is 0. The van der Waals surface area contributed by atoms with Gasteiger partial charge >= 0.3 is 0 Å². The molecule has 0 heterocycles. The van der Waals surface area contributed by atoms with Crippen molar-refractivity contribution in [2.75, 3.05) is 0 Å². The molecule has 0 aliphatic rings. The van der Waals surface area contributed by atoms with Gasteiger partial charge in [-0.15, -0.1) is 0 Å². The molecule has 0 fully saturated rings. The fourth-order valence-electron chi connectivity index (χ4n) is 2.21. The van der Waals surface area contributed by atoms with E-state index in [0.717, 1.165) is 16.7 Å². The molecule has 0 saturated heterocycles. The summed E-state index contributed by atoms with van der Waals surface area (Å²) in [5.41, 5.74) is 3.27. The van der Waals surface area contributed by atoms with Crippen molar-refractivity contribution in [1.82, 2.24) is 0 Å². The monoisotopic (exact) mass is 344 g/mol. The Labute approximate surface area is 130 Å². The van der Waals surface area contributed by atoms with Crippen molar-refractivity contribution < 1.29 is 8.78 Å². The average Bonchev–Trinajstić information content (AvgIpc) is 2.48. The summed E-state index contributed by atoms with van der Waals surface area (Å²) in [6.07, 6.45) is 0. The maximum atomic E-state index is 13.9. The van der Waals surface area contributed by atoms with Crippen molar-refractivity contribution in [2.24, 2.45) is 0 Å². The molecule has 0 N–H and O–H groups in total. The van der Waals surface area contributed by atoms with Crippen molar-refractivity contribution in [3.63, 3.8) is 0 Å². The van der Waals surface area contributed by atoms with E-state index in [9.17, 15) is 8.78 Å². The van der Waals surface area contributed by atoms with Gasteiger partial charge in [0.2, 0.25) is 0 Å². The lowest BCUT2D eigenvalue weighted by molar-refractivity contribution is 0.628. The smallest absolute Gasteiger partial charge is 0.132 e. The van der Waals surface area contributed by atoms with Crippen LogP contribution in [0.2, 0.25) is 0 Å². The van der Waals surface area contributed by atoms with Gasteiger partial charge in [0, 0.05) is 10.0 Å². The zero-order valence-corrected chi connectivity index (χ0v) is 12.6. The number of rotatable bonds is 2. The van der Waals surface area contributed by atoms with E-state index in [4.69, 9.17) is 0 Å². The fraction of sp³-hybridized carbons (Fsp3) is 0. The lowest BCUT2D eigenvalue weighted by Crippen LogP contribution is -1.85. The van der Waals surface area contributed by atoms with Crippen LogP contribution in [0.1, 0.15) is 0 Å². The molecule has 3 aromatic carbocycles. The highest BCUT2D eigenvalue weighted by Gasteiger charge is 2.06. The van der Waals surface area contributed by atoms with E-state index in [1.807, 2.05) is 30.3 Å². The van der Waals surface area contributed by atoms with Gasteiger partial charge in [-0.05, 0) is 41.0 Å². The number of benzene rings is 3. The highest BCUT2D eigenvalue weighted by Crippen LogP contribution is 2.28. The highest BCUT2D eigenvalue weighted by atomic mass is 79.9. The lowest BCUT2D eigenvalue weighted by Gasteiger charge is -2.06.